The first-order valence-corrected chi connectivity index (χ1v) is 6.32. The largest absolute Gasteiger partial charge is 0.480 e. The van der Waals surface area contributed by atoms with E-state index < -0.39 is 11.5 Å². The van der Waals surface area contributed by atoms with Gasteiger partial charge in [-0.25, -0.2) is 0 Å². The molecular formula is C15H19NO3. The fraction of sp³-hybridized carbons (Fsp3) is 0.400. The molecule has 4 nitrogen and oxygen atoms in total. The summed E-state index contributed by atoms with van der Waals surface area (Å²) in [6.07, 6.45) is 2.52. The number of carbonyl (C=O) groups is 1. The van der Waals surface area contributed by atoms with Gasteiger partial charge in [0.25, 0.3) is 0 Å². The fourth-order valence-corrected chi connectivity index (χ4v) is 1.96. The van der Waals surface area contributed by atoms with Gasteiger partial charge in [-0.2, -0.15) is 0 Å². The topological polar surface area (TPSA) is 53.7 Å². The molecule has 0 amide bonds. The molecule has 0 spiro atoms. The zero-order valence-electron chi connectivity index (χ0n) is 11.5. The Bertz CT molecular complexity index is 586. The monoisotopic (exact) mass is 261 g/mol. The van der Waals surface area contributed by atoms with E-state index in [2.05, 4.69) is 0 Å². The normalized spacial score (nSPS) is 12.2. The molecule has 0 aliphatic rings. The smallest absolute Gasteiger partial charge is 0.323 e. The molecule has 4 heteroatoms. The summed E-state index contributed by atoms with van der Waals surface area (Å²) in [7, 11) is 1.83. The van der Waals surface area contributed by atoms with Gasteiger partial charge >= 0.3 is 5.97 Å². The number of carboxylic acid groups (broad SMARTS) is 1. The van der Waals surface area contributed by atoms with E-state index in [0.717, 1.165) is 23.0 Å². The lowest BCUT2D eigenvalue weighted by Crippen LogP contribution is -2.48. The Morgan fingerprint density at radius 3 is 2.74 bits per heavy atom. The van der Waals surface area contributed by atoms with Crippen molar-refractivity contribution < 1.29 is 14.3 Å². The zero-order chi connectivity index (χ0) is 14.0. The number of benzene rings is 1. The summed E-state index contributed by atoms with van der Waals surface area (Å²) in [5.74, 6) is -0.813. The molecule has 2 aromatic rings. The van der Waals surface area contributed by atoms with Crippen LogP contribution in [0, 0.1) is 0 Å². The van der Waals surface area contributed by atoms with Crippen LogP contribution in [0.5, 0.6) is 0 Å². The molecule has 0 aliphatic heterocycles. The molecule has 0 radical (unpaired) electrons. The minimum Gasteiger partial charge on any atom is -0.480 e. The molecule has 0 fully saturated rings. The summed E-state index contributed by atoms with van der Waals surface area (Å²) in [6.45, 7) is 4.09. The maximum Gasteiger partial charge on any atom is 0.323 e. The van der Waals surface area contributed by atoms with Crippen LogP contribution in [0.1, 0.15) is 19.4 Å². The first-order chi connectivity index (χ1) is 8.93. The highest BCUT2D eigenvalue weighted by Crippen LogP contribution is 2.22. The number of aliphatic carboxylic acids is 1. The molecule has 102 valence electrons. The molecule has 0 saturated carbocycles. The van der Waals surface area contributed by atoms with Crippen LogP contribution in [-0.4, -0.2) is 35.1 Å². The number of hydrogen-bond acceptors (Lipinski definition) is 3. The molecule has 0 unspecified atom stereocenters. The number of hydrogen-bond donors (Lipinski definition) is 1. The van der Waals surface area contributed by atoms with E-state index in [4.69, 9.17) is 4.42 Å². The molecule has 0 bridgehead atoms. The minimum atomic E-state index is -0.862. The summed E-state index contributed by atoms with van der Waals surface area (Å²) < 4.78 is 5.48. The van der Waals surface area contributed by atoms with E-state index in [9.17, 15) is 9.90 Å². The van der Waals surface area contributed by atoms with Gasteiger partial charge in [0.1, 0.15) is 11.1 Å². The lowest BCUT2D eigenvalue weighted by atomic mass is 10.0. The molecule has 2 rings (SSSR count). The summed E-state index contributed by atoms with van der Waals surface area (Å²) in [5.41, 5.74) is 1.13. The summed E-state index contributed by atoms with van der Waals surface area (Å²) in [6, 6.07) is 7.88. The lowest BCUT2D eigenvalue weighted by molar-refractivity contribution is -0.148. The van der Waals surface area contributed by atoms with Crippen LogP contribution < -0.4 is 0 Å². The molecule has 0 aliphatic carbocycles. The summed E-state index contributed by atoms with van der Waals surface area (Å²) in [4.78, 5) is 13.0. The maximum atomic E-state index is 11.2. The standard InChI is InChI=1S/C15H19NO3/c1-15(2,14(17)18)16(3)9-8-11-10-19-13-7-5-4-6-12(11)13/h4-7,10H,8-9H2,1-3H3,(H,17,18). The van der Waals surface area contributed by atoms with E-state index in [0.29, 0.717) is 6.54 Å². The van der Waals surface area contributed by atoms with Crippen LogP contribution in [-0.2, 0) is 11.2 Å². The second-order valence-electron chi connectivity index (χ2n) is 5.29. The van der Waals surface area contributed by atoms with Gasteiger partial charge in [0.2, 0.25) is 0 Å². The van der Waals surface area contributed by atoms with E-state index in [1.165, 1.54) is 0 Å². The number of likely N-dealkylation sites (N-methyl/N-ethyl adjacent to an activating group) is 1. The van der Waals surface area contributed by atoms with Crippen molar-refractivity contribution in [3.05, 3.63) is 36.1 Å². The van der Waals surface area contributed by atoms with Crippen LogP contribution >= 0.6 is 0 Å². The Labute approximate surface area is 112 Å². The van der Waals surface area contributed by atoms with Gasteiger partial charge in [0.05, 0.1) is 6.26 Å². The number of nitrogens with zero attached hydrogens (tertiary/aromatic N) is 1. The average molecular weight is 261 g/mol. The molecule has 1 aromatic carbocycles. The summed E-state index contributed by atoms with van der Waals surface area (Å²) in [5, 5.41) is 10.3. The third kappa shape index (κ3) is 2.63. The maximum absolute atomic E-state index is 11.2. The molecule has 1 aromatic heterocycles. The van der Waals surface area contributed by atoms with E-state index in [-0.39, 0.29) is 0 Å². The van der Waals surface area contributed by atoms with E-state index in [1.54, 1.807) is 20.1 Å². The van der Waals surface area contributed by atoms with Crippen molar-refractivity contribution in [1.29, 1.82) is 0 Å². The van der Waals surface area contributed by atoms with Gasteiger partial charge in [0, 0.05) is 11.9 Å². The molecular weight excluding hydrogens is 242 g/mol. The Morgan fingerprint density at radius 2 is 2.05 bits per heavy atom. The quantitative estimate of drug-likeness (QED) is 0.899. The Kier molecular flexibility index (Phi) is 3.62. The third-order valence-electron chi connectivity index (χ3n) is 3.76. The van der Waals surface area contributed by atoms with Crippen LogP contribution in [0.25, 0.3) is 11.0 Å². The number of carboxylic acids is 1. The van der Waals surface area contributed by atoms with Crippen molar-refractivity contribution in [2.75, 3.05) is 13.6 Å². The van der Waals surface area contributed by atoms with Crippen molar-refractivity contribution in [2.45, 2.75) is 25.8 Å². The summed E-state index contributed by atoms with van der Waals surface area (Å²) >= 11 is 0. The molecule has 1 heterocycles. The lowest BCUT2D eigenvalue weighted by Gasteiger charge is -2.31. The molecule has 19 heavy (non-hydrogen) atoms. The first-order valence-electron chi connectivity index (χ1n) is 6.32. The third-order valence-corrected chi connectivity index (χ3v) is 3.76. The Morgan fingerprint density at radius 1 is 1.37 bits per heavy atom. The fourth-order valence-electron chi connectivity index (χ4n) is 1.96. The highest BCUT2D eigenvalue weighted by molar-refractivity contribution is 5.81. The van der Waals surface area contributed by atoms with Gasteiger partial charge in [-0.05, 0) is 38.9 Å². The predicted molar refractivity (Wildman–Crippen MR) is 74.3 cm³/mol. The van der Waals surface area contributed by atoms with Crippen molar-refractivity contribution in [3.8, 4) is 0 Å². The van der Waals surface area contributed by atoms with Crippen LogP contribution in [0.15, 0.2) is 34.9 Å². The second-order valence-corrected chi connectivity index (χ2v) is 5.29. The molecule has 1 N–H and O–H groups in total. The predicted octanol–water partition coefficient (Wildman–Crippen LogP) is 2.77. The zero-order valence-corrected chi connectivity index (χ0v) is 11.5. The van der Waals surface area contributed by atoms with Crippen molar-refractivity contribution in [1.82, 2.24) is 4.90 Å². The van der Waals surface area contributed by atoms with Crippen LogP contribution in [0.3, 0.4) is 0 Å². The van der Waals surface area contributed by atoms with Gasteiger partial charge in [0.15, 0.2) is 0 Å². The highest BCUT2D eigenvalue weighted by atomic mass is 16.4. The van der Waals surface area contributed by atoms with Crippen molar-refractivity contribution in [3.63, 3.8) is 0 Å². The van der Waals surface area contributed by atoms with Gasteiger partial charge < -0.3 is 9.52 Å². The van der Waals surface area contributed by atoms with E-state index >= 15 is 0 Å². The van der Waals surface area contributed by atoms with Gasteiger partial charge in [-0.1, -0.05) is 18.2 Å². The minimum absolute atomic E-state index is 0.669. The SMILES string of the molecule is CN(CCc1coc2ccccc12)C(C)(C)C(=O)O. The average Bonchev–Trinajstić information content (AvgIpc) is 2.79. The van der Waals surface area contributed by atoms with Crippen LogP contribution in [0.2, 0.25) is 0 Å². The van der Waals surface area contributed by atoms with Crippen molar-refractivity contribution in [2.24, 2.45) is 0 Å². The molecule has 0 atom stereocenters. The van der Waals surface area contributed by atoms with Gasteiger partial charge in [-0.3, -0.25) is 9.69 Å². The number of fused-ring (bicyclic) bond motifs is 1. The van der Waals surface area contributed by atoms with E-state index in [1.807, 2.05) is 36.2 Å². The Hall–Kier alpha value is -1.81. The highest BCUT2D eigenvalue weighted by Gasteiger charge is 2.31. The van der Waals surface area contributed by atoms with Gasteiger partial charge in [-0.15, -0.1) is 0 Å². The number of para-hydroxylation sites is 1. The Balaban J connectivity index is 2.09. The molecule has 0 saturated heterocycles. The number of furan rings is 1. The number of rotatable bonds is 5. The van der Waals surface area contributed by atoms with Crippen molar-refractivity contribution >= 4 is 16.9 Å². The van der Waals surface area contributed by atoms with Crippen LogP contribution in [0.4, 0.5) is 0 Å². The second kappa shape index (κ2) is 5.05. The first kappa shape index (κ1) is 13.6.